The molecule has 7 heteroatoms. The van der Waals surface area contributed by atoms with Crippen LogP contribution in [0.1, 0.15) is 21.5 Å². The Morgan fingerprint density at radius 2 is 1.90 bits per heavy atom. The Bertz CT molecular complexity index is 1080. The Kier molecular flexibility index (Phi) is 6.29. The van der Waals surface area contributed by atoms with Crippen molar-refractivity contribution in [3.05, 3.63) is 82.0 Å². The van der Waals surface area contributed by atoms with Gasteiger partial charge in [-0.1, -0.05) is 12.1 Å². The highest BCUT2D eigenvalue weighted by molar-refractivity contribution is 5.95. The van der Waals surface area contributed by atoms with Crippen molar-refractivity contribution >= 4 is 11.6 Å². The van der Waals surface area contributed by atoms with E-state index < -0.39 is 5.91 Å². The van der Waals surface area contributed by atoms with Gasteiger partial charge in [-0.05, 0) is 49.2 Å². The lowest BCUT2D eigenvalue weighted by atomic mass is 10.1. The summed E-state index contributed by atoms with van der Waals surface area (Å²) in [6, 6.07) is 10.8. The highest BCUT2D eigenvalue weighted by Crippen LogP contribution is 2.21. The second-order valence-corrected chi connectivity index (χ2v) is 6.59. The third kappa shape index (κ3) is 4.45. The first-order chi connectivity index (χ1) is 14.0. The van der Waals surface area contributed by atoms with Gasteiger partial charge in [-0.25, -0.2) is 0 Å². The van der Waals surface area contributed by atoms with Crippen LogP contribution in [0.25, 0.3) is 5.69 Å². The number of benzene rings is 1. The molecule has 2 heterocycles. The molecule has 3 rings (SSSR count). The van der Waals surface area contributed by atoms with Crippen LogP contribution < -0.4 is 20.9 Å². The third-order valence-corrected chi connectivity index (χ3v) is 4.62. The minimum absolute atomic E-state index is 0.124. The quantitative estimate of drug-likeness (QED) is 0.604. The molecule has 2 aromatic heterocycles. The van der Waals surface area contributed by atoms with Gasteiger partial charge in [-0.2, -0.15) is 0 Å². The van der Waals surface area contributed by atoms with Crippen LogP contribution in [0.4, 0.5) is 5.69 Å². The Labute approximate surface area is 169 Å². The van der Waals surface area contributed by atoms with Gasteiger partial charge in [0.15, 0.2) is 0 Å². The zero-order chi connectivity index (χ0) is 20.8. The van der Waals surface area contributed by atoms with Crippen molar-refractivity contribution in [1.29, 1.82) is 0 Å². The van der Waals surface area contributed by atoms with E-state index in [0.717, 1.165) is 11.3 Å². The standard InChI is InChI=1S/C22H24N4O3/c1-15-9-13-26(18-6-4-5-7-19(18)29-3)22(28)20(15)21(27)25-12-11-24-17-8-10-23-14-16(17)2/h4-10,13-14H,11-12H2,1-3H3,(H,23,24)(H,25,27). The van der Waals surface area contributed by atoms with Gasteiger partial charge in [0.05, 0.1) is 12.8 Å². The van der Waals surface area contributed by atoms with E-state index in [1.165, 1.54) is 4.57 Å². The molecule has 0 aliphatic rings. The first-order valence-electron chi connectivity index (χ1n) is 9.31. The topological polar surface area (TPSA) is 85.2 Å². The zero-order valence-corrected chi connectivity index (χ0v) is 16.7. The second kappa shape index (κ2) is 9.05. The maximum absolute atomic E-state index is 13.0. The van der Waals surface area contributed by atoms with Gasteiger partial charge in [0.2, 0.25) is 0 Å². The van der Waals surface area contributed by atoms with E-state index >= 15 is 0 Å². The SMILES string of the molecule is COc1ccccc1-n1ccc(C)c(C(=O)NCCNc2ccncc2C)c1=O. The smallest absolute Gasteiger partial charge is 0.268 e. The average Bonchev–Trinajstić information content (AvgIpc) is 2.72. The molecule has 0 spiro atoms. The number of nitrogens with zero attached hydrogens (tertiary/aromatic N) is 2. The molecule has 0 aliphatic carbocycles. The molecule has 0 bridgehead atoms. The predicted octanol–water partition coefficient (Wildman–Crippen LogP) is 2.70. The molecule has 3 aromatic rings. The van der Waals surface area contributed by atoms with Crippen molar-refractivity contribution < 1.29 is 9.53 Å². The maximum Gasteiger partial charge on any atom is 0.268 e. The van der Waals surface area contributed by atoms with Crippen LogP contribution in [0.2, 0.25) is 0 Å². The number of nitrogens with one attached hydrogen (secondary N) is 2. The van der Waals surface area contributed by atoms with E-state index in [1.807, 2.05) is 25.1 Å². The number of carbonyl (C=O) groups excluding carboxylic acids is 1. The highest BCUT2D eigenvalue weighted by atomic mass is 16.5. The number of aromatic nitrogens is 2. The summed E-state index contributed by atoms with van der Waals surface area (Å²) >= 11 is 0. The molecule has 0 fully saturated rings. The van der Waals surface area contributed by atoms with Crippen LogP contribution in [-0.4, -0.2) is 35.7 Å². The van der Waals surface area contributed by atoms with Gasteiger partial charge in [0.25, 0.3) is 11.5 Å². The minimum Gasteiger partial charge on any atom is -0.495 e. The number of methoxy groups -OCH3 is 1. The van der Waals surface area contributed by atoms with Crippen LogP contribution in [0.5, 0.6) is 5.75 Å². The number of para-hydroxylation sites is 2. The van der Waals surface area contributed by atoms with E-state index in [-0.39, 0.29) is 11.1 Å². The lowest BCUT2D eigenvalue weighted by molar-refractivity contribution is 0.0952. The number of hydrogen-bond donors (Lipinski definition) is 2. The summed E-state index contributed by atoms with van der Waals surface area (Å²) in [6.07, 6.45) is 5.14. The molecule has 0 atom stereocenters. The molecule has 0 unspecified atom stereocenters. The largest absolute Gasteiger partial charge is 0.495 e. The van der Waals surface area contributed by atoms with Crippen molar-refractivity contribution in [2.45, 2.75) is 13.8 Å². The molecule has 0 radical (unpaired) electrons. The fourth-order valence-electron chi connectivity index (χ4n) is 3.05. The first-order valence-corrected chi connectivity index (χ1v) is 9.31. The van der Waals surface area contributed by atoms with Gasteiger partial charge in [-0.15, -0.1) is 0 Å². The van der Waals surface area contributed by atoms with E-state index in [2.05, 4.69) is 15.6 Å². The summed E-state index contributed by atoms with van der Waals surface area (Å²) in [5, 5.41) is 6.06. The second-order valence-electron chi connectivity index (χ2n) is 6.59. The maximum atomic E-state index is 13.0. The molecular weight excluding hydrogens is 368 g/mol. The zero-order valence-electron chi connectivity index (χ0n) is 16.7. The molecule has 1 aromatic carbocycles. The van der Waals surface area contributed by atoms with E-state index in [4.69, 9.17) is 4.74 Å². The Balaban J connectivity index is 1.75. The number of rotatable bonds is 7. The van der Waals surface area contributed by atoms with E-state index in [0.29, 0.717) is 30.1 Å². The van der Waals surface area contributed by atoms with E-state index in [9.17, 15) is 9.59 Å². The molecule has 29 heavy (non-hydrogen) atoms. The molecule has 0 saturated carbocycles. The molecule has 2 N–H and O–H groups in total. The molecule has 0 saturated heterocycles. The van der Waals surface area contributed by atoms with Gasteiger partial charge >= 0.3 is 0 Å². The summed E-state index contributed by atoms with van der Waals surface area (Å²) in [7, 11) is 1.54. The van der Waals surface area contributed by atoms with Crippen LogP contribution in [-0.2, 0) is 0 Å². The van der Waals surface area contributed by atoms with Crippen LogP contribution >= 0.6 is 0 Å². The van der Waals surface area contributed by atoms with Crippen molar-refractivity contribution in [3.63, 3.8) is 0 Å². The van der Waals surface area contributed by atoms with E-state index in [1.54, 1.807) is 50.8 Å². The Morgan fingerprint density at radius 1 is 1.10 bits per heavy atom. The van der Waals surface area contributed by atoms with Crippen molar-refractivity contribution in [2.24, 2.45) is 0 Å². The van der Waals surface area contributed by atoms with Crippen LogP contribution in [0.15, 0.2) is 59.8 Å². The average molecular weight is 392 g/mol. The van der Waals surface area contributed by atoms with Gasteiger partial charge in [-0.3, -0.25) is 19.1 Å². The molecule has 7 nitrogen and oxygen atoms in total. The third-order valence-electron chi connectivity index (χ3n) is 4.62. The summed E-state index contributed by atoms with van der Waals surface area (Å²) < 4.78 is 6.77. The predicted molar refractivity (Wildman–Crippen MR) is 113 cm³/mol. The van der Waals surface area contributed by atoms with Crippen molar-refractivity contribution in [1.82, 2.24) is 14.9 Å². The van der Waals surface area contributed by atoms with Gasteiger partial charge in [0, 0.05) is 37.4 Å². The summed E-state index contributed by atoms with van der Waals surface area (Å²) in [6.45, 7) is 4.62. The van der Waals surface area contributed by atoms with Crippen molar-refractivity contribution in [2.75, 3.05) is 25.5 Å². The highest BCUT2D eigenvalue weighted by Gasteiger charge is 2.17. The molecule has 0 aliphatic heterocycles. The summed E-state index contributed by atoms with van der Waals surface area (Å²) in [5.41, 5.74) is 2.94. The minimum atomic E-state index is -0.398. The lowest BCUT2D eigenvalue weighted by Gasteiger charge is -2.14. The monoisotopic (exact) mass is 392 g/mol. The number of amides is 1. The van der Waals surface area contributed by atoms with Gasteiger partial charge in [0.1, 0.15) is 11.3 Å². The molecular formula is C22H24N4O3. The first kappa shape index (κ1) is 20.1. The number of carbonyl (C=O) groups is 1. The normalized spacial score (nSPS) is 10.4. The summed E-state index contributed by atoms with van der Waals surface area (Å²) in [4.78, 5) is 29.8. The number of ether oxygens (including phenoxy) is 1. The fourth-order valence-corrected chi connectivity index (χ4v) is 3.05. The summed E-state index contributed by atoms with van der Waals surface area (Å²) in [5.74, 6) is 0.159. The molecule has 150 valence electrons. The number of hydrogen-bond acceptors (Lipinski definition) is 5. The van der Waals surface area contributed by atoms with Crippen LogP contribution in [0, 0.1) is 13.8 Å². The number of aryl methyl sites for hydroxylation is 2. The Hall–Kier alpha value is -3.61. The van der Waals surface area contributed by atoms with Crippen molar-refractivity contribution in [3.8, 4) is 11.4 Å². The number of anilines is 1. The Morgan fingerprint density at radius 3 is 2.66 bits per heavy atom. The van der Waals surface area contributed by atoms with Crippen LogP contribution in [0.3, 0.4) is 0 Å². The lowest BCUT2D eigenvalue weighted by Crippen LogP contribution is -2.35. The molecule has 1 amide bonds. The number of pyridine rings is 2. The van der Waals surface area contributed by atoms with Gasteiger partial charge < -0.3 is 15.4 Å². The fraction of sp³-hybridized carbons (Fsp3) is 0.227.